The number of nitrogens with one attached hydrogen (secondary N) is 1. The Morgan fingerprint density at radius 1 is 1.35 bits per heavy atom. The smallest absolute Gasteiger partial charge is 0.161 e. The van der Waals surface area contributed by atoms with Gasteiger partial charge in [-0.2, -0.15) is 0 Å². The monoisotopic (exact) mass is 311 g/mol. The number of halogens is 1. The van der Waals surface area contributed by atoms with E-state index in [0.29, 0.717) is 18.9 Å². The molecule has 0 radical (unpaired) electrons. The van der Waals surface area contributed by atoms with Gasteiger partial charge in [-0.3, -0.25) is 0 Å². The van der Waals surface area contributed by atoms with Crippen molar-refractivity contribution in [2.24, 2.45) is 0 Å². The van der Waals surface area contributed by atoms with E-state index < -0.39 is 0 Å². The van der Waals surface area contributed by atoms with Crippen molar-refractivity contribution in [3.05, 3.63) is 45.1 Å². The van der Waals surface area contributed by atoms with E-state index in [4.69, 9.17) is 16.3 Å². The first-order chi connectivity index (χ1) is 9.60. The third-order valence-corrected chi connectivity index (χ3v) is 4.37. The highest BCUT2D eigenvalue weighted by molar-refractivity contribution is 7.16. The van der Waals surface area contributed by atoms with Gasteiger partial charge in [0.25, 0.3) is 0 Å². The molecule has 0 saturated heterocycles. The third-order valence-electron chi connectivity index (χ3n) is 2.96. The van der Waals surface area contributed by atoms with Gasteiger partial charge in [0.2, 0.25) is 0 Å². The minimum Gasteiger partial charge on any atom is -0.504 e. The summed E-state index contributed by atoms with van der Waals surface area (Å²) in [6.45, 7) is 5.24. The molecule has 0 amide bonds. The Labute approximate surface area is 128 Å². The third kappa shape index (κ3) is 3.88. The summed E-state index contributed by atoms with van der Waals surface area (Å²) in [6.07, 6.45) is 0. The second kappa shape index (κ2) is 6.97. The molecule has 0 aliphatic heterocycles. The first-order valence-electron chi connectivity index (χ1n) is 6.53. The molecule has 0 aliphatic rings. The van der Waals surface area contributed by atoms with E-state index in [1.165, 1.54) is 4.88 Å². The second-order valence-electron chi connectivity index (χ2n) is 4.48. The fourth-order valence-corrected chi connectivity index (χ4v) is 2.96. The lowest BCUT2D eigenvalue weighted by molar-refractivity contribution is 0.317. The molecular formula is C15H18ClNO2S. The number of aromatic hydroxyl groups is 1. The summed E-state index contributed by atoms with van der Waals surface area (Å²) in [5.41, 5.74) is 1.07. The highest BCUT2D eigenvalue weighted by Crippen LogP contribution is 2.28. The topological polar surface area (TPSA) is 41.5 Å². The number of phenolic OH excluding ortho intramolecular Hbond substituents is 1. The Kier molecular flexibility index (Phi) is 5.29. The van der Waals surface area contributed by atoms with Crippen LogP contribution in [0, 0.1) is 0 Å². The number of phenols is 1. The van der Waals surface area contributed by atoms with Gasteiger partial charge < -0.3 is 15.2 Å². The normalized spacial score (nSPS) is 12.3. The Morgan fingerprint density at radius 2 is 2.15 bits per heavy atom. The van der Waals surface area contributed by atoms with Crippen LogP contribution in [-0.2, 0) is 6.54 Å². The van der Waals surface area contributed by atoms with Gasteiger partial charge >= 0.3 is 0 Å². The molecule has 0 fully saturated rings. The molecule has 1 unspecified atom stereocenters. The lowest BCUT2D eigenvalue weighted by Gasteiger charge is -2.13. The van der Waals surface area contributed by atoms with Gasteiger partial charge in [-0.15, -0.1) is 11.3 Å². The fourth-order valence-electron chi connectivity index (χ4n) is 1.87. The number of rotatable bonds is 6. The summed E-state index contributed by atoms with van der Waals surface area (Å²) in [4.78, 5) is 1.21. The number of benzene rings is 1. The van der Waals surface area contributed by atoms with Gasteiger partial charge in [0.05, 0.1) is 10.9 Å². The van der Waals surface area contributed by atoms with Crippen LogP contribution in [0.15, 0.2) is 30.3 Å². The van der Waals surface area contributed by atoms with Gasteiger partial charge in [-0.1, -0.05) is 17.7 Å². The van der Waals surface area contributed by atoms with E-state index in [9.17, 15) is 5.11 Å². The van der Waals surface area contributed by atoms with E-state index in [-0.39, 0.29) is 11.8 Å². The zero-order valence-corrected chi connectivity index (χ0v) is 13.1. The fraction of sp³-hybridized carbons (Fsp3) is 0.333. The van der Waals surface area contributed by atoms with Crippen LogP contribution in [0.25, 0.3) is 0 Å². The van der Waals surface area contributed by atoms with Crippen molar-refractivity contribution in [3.63, 3.8) is 0 Å². The predicted octanol–water partition coefficient (Wildman–Crippen LogP) is 4.36. The first kappa shape index (κ1) is 15.2. The van der Waals surface area contributed by atoms with Crippen LogP contribution < -0.4 is 10.1 Å². The second-order valence-corrected chi connectivity index (χ2v) is 6.23. The predicted molar refractivity (Wildman–Crippen MR) is 83.9 cm³/mol. The van der Waals surface area contributed by atoms with E-state index in [1.807, 2.05) is 31.2 Å². The molecule has 1 heterocycles. The van der Waals surface area contributed by atoms with Crippen LogP contribution in [0.5, 0.6) is 11.5 Å². The highest BCUT2D eigenvalue weighted by Gasteiger charge is 2.09. The molecular weight excluding hydrogens is 294 g/mol. The van der Waals surface area contributed by atoms with Gasteiger partial charge in [-0.05, 0) is 43.7 Å². The molecule has 2 N–H and O–H groups in total. The van der Waals surface area contributed by atoms with E-state index >= 15 is 0 Å². The number of ether oxygens (including phenoxy) is 1. The Bertz CT molecular complexity index is 571. The van der Waals surface area contributed by atoms with Gasteiger partial charge in [0.1, 0.15) is 0 Å². The molecule has 20 heavy (non-hydrogen) atoms. The summed E-state index contributed by atoms with van der Waals surface area (Å²) in [5.74, 6) is 0.701. The van der Waals surface area contributed by atoms with Crippen molar-refractivity contribution >= 4 is 22.9 Å². The molecule has 2 rings (SSSR count). The Hall–Kier alpha value is -1.23. The average molecular weight is 312 g/mol. The largest absolute Gasteiger partial charge is 0.504 e. The summed E-state index contributed by atoms with van der Waals surface area (Å²) in [7, 11) is 0. The van der Waals surface area contributed by atoms with Crippen molar-refractivity contribution < 1.29 is 9.84 Å². The van der Waals surface area contributed by atoms with Crippen LogP contribution >= 0.6 is 22.9 Å². The minimum atomic E-state index is 0.175. The summed E-state index contributed by atoms with van der Waals surface area (Å²) in [6, 6.07) is 9.59. The van der Waals surface area contributed by atoms with Crippen LogP contribution in [0.4, 0.5) is 0 Å². The van der Waals surface area contributed by atoms with Crippen molar-refractivity contribution in [1.82, 2.24) is 5.32 Å². The highest BCUT2D eigenvalue weighted by atomic mass is 35.5. The van der Waals surface area contributed by atoms with Gasteiger partial charge in [0.15, 0.2) is 11.5 Å². The molecule has 1 atom stereocenters. The number of hydrogen-bond donors (Lipinski definition) is 2. The van der Waals surface area contributed by atoms with E-state index in [1.54, 1.807) is 17.4 Å². The zero-order chi connectivity index (χ0) is 14.5. The summed E-state index contributed by atoms with van der Waals surface area (Å²) in [5, 5.41) is 13.1. The van der Waals surface area contributed by atoms with E-state index in [2.05, 4.69) is 12.2 Å². The van der Waals surface area contributed by atoms with Crippen LogP contribution in [-0.4, -0.2) is 11.7 Å². The Morgan fingerprint density at radius 3 is 2.80 bits per heavy atom. The molecule has 0 bridgehead atoms. The molecule has 5 heteroatoms. The average Bonchev–Trinajstić information content (AvgIpc) is 2.86. The Balaban J connectivity index is 1.98. The molecule has 3 nitrogen and oxygen atoms in total. The number of thiophene rings is 1. The maximum absolute atomic E-state index is 9.67. The maximum atomic E-state index is 9.67. The molecule has 0 aliphatic carbocycles. The lowest BCUT2D eigenvalue weighted by atomic mass is 10.2. The molecule has 2 aromatic rings. The molecule has 0 spiro atoms. The van der Waals surface area contributed by atoms with Crippen LogP contribution in [0.3, 0.4) is 0 Å². The first-order valence-corrected chi connectivity index (χ1v) is 7.73. The lowest BCUT2D eigenvalue weighted by Crippen LogP contribution is -2.17. The molecule has 1 aromatic heterocycles. The van der Waals surface area contributed by atoms with Gasteiger partial charge in [0, 0.05) is 17.5 Å². The number of hydrogen-bond acceptors (Lipinski definition) is 4. The van der Waals surface area contributed by atoms with Crippen LogP contribution in [0.1, 0.15) is 30.3 Å². The zero-order valence-electron chi connectivity index (χ0n) is 11.5. The quantitative estimate of drug-likeness (QED) is 0.833. The molecule has 108 valence electrons. The van der Waals surface area contributed by atoms with Crippen molar-refractivity contribution in [3.8, 4) is 11.5 Å². The molecule has 0 saturated carbocycles. The van der Waals surface area contributed by atoms with Crippen molar-refractivity contribution in [2.45, 2.75) is 26.4 Å². The molecule has 1 aromatic carbocycles. The minimum absolute atomic E-state index is 0.175. The van der Waals surface area contributed by atoms with Crippen LogP contribution in [0.2, 0.25) is 4.34 Å². The SMILES string of the molecule is CCOc1cc(CNC(C)c2ccc(Cl)s2)ccc1O. The summed E-state index contributed by atoms with van der Waals surface area (Å²) >= 11 is 7.52. The van der Waals surface area contributed by atoms with Crippen molar-refractivity contribution in [1.29, 1.82) is 0 Å². The maximum Gasteiger partial charge on any atom is 0.161 e. The van der Waals surface area contributed by atoms with E-state index in [0.717, 1.165) is 9.90 Å². The standard InChI is InChI=1S/C15H18ClNO2S/c1-3-19-13-8-11(4-5-12(13)18)9-17-10(2)14-6-7-15(16)20-14/h4-8,10,17-18H,3,9H2,1-2H3. The van der Waals surface area contributed by atoms with Gasteiger partial charge in [-0.25, -0.2) is 0 Å². The summed E-state index contributed by atoms with van der Waals surface area (Å²) < 4.78 is 6.18. The van der Waals surface area contributed by atoms with Crippen molar-refractivity contribution in [2.75, 3.05) is 6.61 Å².